The third-order valence-corrected chi connectivity index (χ3v) is 3.93. The minimum atomic E-state index is -0.596. The van der Waals surface area contributed by atoms with E-state index in [4.69, 9.17) is 11.6 Å². The molecule has 0 saturated heterocycles. The third kappa shape index (κ3) is 4.46. The van der Waals surface area contributed by atoms with Gasteiger partial charge in [-0.1, -0.05) is 37.6 Å². The van der Waals surface area contributed by atoms with Crippen molar-refractivity contribution in [2.45, 2.75) is 51.8 Å². The molecular formula is C15H24ClNO2. The second kappa shape index (κ2) is 7.85. The van der Waals surface area contributed by atoms with Crippen LogP contribution in [0, 0.1) is 6.92 Å². The Kier molecular flexibility index (Phi) is 6.80. The predicted octanol–water partition coefficient (Wildman–Crippen LogP) is 2.82. The van der Waals surface area contributed by atoms with Crippen molar-refractivity contribution in [3.05, 3.63) is 34.3 Å². The van der Waals surface area contributed by atoms with Crippen molar-refractivity contribution in [2.75, 3.05) is 6.61 Å². The first-order valence-electron chi connectivity index (χ1n) is 6.84. The van der Waals surface area contributed by atoms with Gasteiger partial charge in [0.15, 0.2) is 0 Å². The van der Waals surface area contributed by atoms with Crippen LogP contribution >= 0.6 is 11.6 Å². The van der Waals surface area contributed by atoms with Crippen molar-refractivity contribution in [1.29, 1.82) is 0 Å². The van der Waals surface area contributed by atoms with Gasteiger partial charge in [0.25, 0.3) is 0 Å². The Morgan fingerprint density at radius 2 is 1.95 bits per heavy atom. The number of nitrogens with one attached hydrogen (secondary N) is 1. The summed E-state index contributed by atoms with van der Waals surface area (Å²) in [6, 6.07) is 5.53. The van der Waals surface area contributed by atoms with E-state index in [1.54, 1.807) is 0 Å². The SMILES string of the molecule is CCC(CO)NC(CC)C(O)c1ccc(Cl)c(C)c1. The first-order chi connectivity index (χ1) is 9.03. The Balaban J connectivity index is 2.82. The van der Waals surface area contributed by atoms with E-state index < -0.39 is 6.10 Å². The Labute approximate surface area is 120 Å². The zero-order chi connectivity index (χ0) is 14.4. The lowest BCUT2D eigenvalue weighted by atomic mass is 9.98. The summed E-state index contributed by atoms with van der Waals surface area (Å²) in [4.78, 5) is 0. The zero-order valence-corrected chi connectivity index (χ0v) is 12.6. The van der Waals surface area contributed by atoms with Crippen molar-refractivity contribution < 1.29 is 10.2 Å². The summed E-state index contributed by atoms with van der Waals surface area (Å²) < 4.78 is 0. The molecule has 3 atom stereocenters. The molecule has 4 heteroatoms. The Hall–Kier alpha value is -0.610. The highest BCUT2D eigenvalue weighted by Gasteiger charge is 2.21. The molecule has 0 aliphatic carbocycles. The number of aryl methyl sites for hydroxylation is 1. The lowest BCUT2D eigenvalue weighted by Gasteiger charge is -2.27. The normalized spacial score (nSPS) is 16.1. The van der Waals surface area contributed by atoms with Gasteiger partial charge in [0.1, 0.15) is 0 Å². The average molecular weight is 286 g/mol. The number of rotatable bonds is 7. The zero-order valence-electron chi connectivity index (χ0n) is 11.9. The van der Waals surface area contributed by atoms with Crippen LogP contribution in [0.5, 0.6) is 0 Å². The number of hydrogen-bond donors (Lipinski definition) is 3. The van der Waals surface area contributed by atoms with Crippen LogP contribution in [-0.4, -0.2) is 28.9 Å². The van der Waals surface area contributed by atoms with E-state index in [1.165, 1.54) is 0 Å². The fourth-order valence-electron chi connectivity index (χ4n) is 2.12. The molecule has 0 fully saturated rings. The maximum absolute atomic E-state index is 10.4. The monoisotopic (exact) mass is 285 g/mol. The van der Waals surface area contributed by atoms with Crippen molar-refractivity contribution in [2.24, 2.45) is 0 Å². The van der Waals surface area contributed by atoms with Gasteiger partial charge in [-0.2, -0.15) is 0 Å². The van der Waals surface area contributed by atoms with Crippen molar-refractivity contribution in [3.63, 3.8) is 0 Å². The van der Waals surface area contributed by atoms with E-state index in [1.807, 2.05) is 39.0 Å². The number of aliphatic hydroxyl groups is 2. The lowest BCUT2D eigenvalue weighted by molar-refractivity contribution is 0.109. The second-order valence-electron chi connectivity index (χ2n) is 4.92. The smallest absolute Gasteiger partial charge is 0.0943 e. The molecule has 0 aromatic heterocycles. The molecule has 0 bridgehead atoms. The van der Waals surface area contributed by atoms with Crippen LogP contribution in [0.1, 0.15) is 43.9 Å². The van der Waals surface area contributed by atoms with Crippen molar-refractivity contribution in [3.8, 4) is 0 Å². The summed E-state index contributed by atoms with van der Waals surface area (Å²) in [5.74, 6) is 0. The maximum atomic E-state index is 10.4. The molecule has 1 aromatic carbocycles. The quantitative estimate of drug-likeness (QED) is 0.722. The summed E-state index contributed by atoms with van der Waals surface area (Å²) >= 11 is 6.00. The van der Waals surface area contributed by atoms with Crippen LogP contribution in [0.3, 0.4) is 0 Å². The summed E-state index contributed by atoms with van der Waals surface area (Å²) in [7, 11) is 0. The van der Waals surface area contributed by atoms with Gasteiger partial charge in [0.05, 0.1) is 12.7 Å². The molecule has 0 radical (unpaired) electrons. The summed E-state index contributed by atoms with van der Waals surface area (Å²) in [5.41, 5.74) is 1.82. The van der Waals surface area contributed by atoms with Gasteiger partial charge in [-0.15, -0.1) is 0 Å². The third-order valence-electron chi connectivity index (χ3n) is 3.51. The van der Waals surface area contributed by atoms with Crippen LogP contribution in [0.15, 0.2) is 18.2 Å². The fourth-order valence-corrected chi connectivity index (χ4v) is 2.24. The lowest BCUT2D eigenvalue weighted by Crippen LogP contribution is -2.43. The Morgan fingerprint density at radius 3 is 2.42 bits per heavy atom. The van der Waals surface area contributed by atoms with E-state index in [0.29, 0.717) is 5.02 Å². The molecule has 0 amide bonds. The van der Waals surface area contributed by atoms with Gasteiger partial charge >= 0.3 is 0 Å². The van der Waals surface area contributed by atoms with Crippen LogP contribution in [0.4, 0.5) is 0 Å². The van der Waals surface area contributed by atoms with E-state index in [0.717, 1.165) is 24.0 Å². The highest BCUT2D eigenvalue weighted by Crippen LogP contribution is 2.24. The Morgan fingerprint density at radius 1 is 1.26 bits per heavy atom. The maximum Gasteiger partial charge on any atom is 0.0943 e. The molecule has 108 valence electrons. The van der Waals surface area contributed by atoms with Gasteiger partial charge < -0.3 is 15.5 Å². The summed E-state index contributed by atoms with van der Waals surface area (Å²) in [5, 5.41) is 23.7. The van der Waals surface area contributed by atoms with Gasteiger partial charge in [-0.3, -0.25) is 0 Å². The highest BCUT2D eigenvalue weighted by molar-refractivity contribution is 6.31. The molecule has 3 unspecified atom stereocenters. The summed E-state index contributed by atoms with van der Waals surface area (Å²) in [6.45, 7) is 6.04. The largest absolute Gasteiger partial charge is 0.395 e. The van der Waals surface area contributed by atoms with Crippen LogP contribution in [0.2, 0.25) is 5.02 Å². The number of hydrogen-bond acceptors (Lipinski definition) is 3. The van der Waals surface area contributed by atoms with E-state index >= 15 is 0 Å². The molecule has 3 N–H and O–H groups in total. The van der Waals surface area contributed by atoms with Gasteiger partial charge in [-0.25, -0.2) is 0 Å². The average Bonchev–Trinajstić information content (AvgIpc) is 2.42. The highest BCUT2D eigenvalue weighted by atomic mass is 35.5. The minimum Gasteiger partial charge on any atom is -0.395 e. The molecule has 0 aliphatic rings. The van der Waals surface area contributed by atoms with E-state index in [-0.39, 0.29) is 18.7 Å². The van der Waals surface area contributed by atoms with Crippen molar-refractivity contribution >= 4 is 11.6 Å². The number of halogens is 1. The first kappa shape index (κ1) is 16.4. The van der Waals surface area contributed by atoms with E-state index in [2.05, 4.69) is 5.32 Å². The molecular weight excluding hydrogens is 262 g/mol. The Bertz CT molecular complexity index is 394. The fraction of sp³-hybridized carbons (Fsp3) is 0.600. The number of aliphatic hydroxyl groups excluding tert-OH is 2. The van der Waals surface area contributed by atoms with Gasteiger partial charge in [-0.05, 0) is 37.0 Å². The molecule has 19 heavy (non-hydrogen) atoms. The van der Waals surface area contributed by atoms with Crippen molar-refractivity contribution in [1.82, 2.24) is 5.32 Å². The molecule has 1 aromatic rings. The minimum absolute atomic E-state index is 0.0213. The molecule has 0 heterocycles. The standard InChI is InChI=1S/C15H24ClNO2/c1-4-12(9-18)17-14(5-2)15(19)11-6-7-13(16)10(3)8-11/h6-8,12,14-15,17-19H,4-5,9H2,1-3H3. The number of benzene rings is 1. The molecule has 0 aliphatic heterocycles. The van der Waals surface area contributed by atoms with Crippen LogP contribution in [0.25, 0.3) is 0 Å². The predicted molar refractivity (Wildman–Crippen MR) is 79.5 cm³/mol. The molecule has 0 saturated carbocycles. The first-order valence-corrected chi connectivity index (χ1v) is 7.22. The molecule has 0 spiro atoms. The van der Waals surface area contributed by atoms with E-state index in [9.17, 15) is 10.2 Å². The van der Waals surface area contributed by atoms with Gasteiger partial charge in [0, 0.05) is 17.1 Å². The summed E-state index contributed by atoms with van der Waals surface area (Å²) in [6.07, 6.45) is 1.03. The topological polar surface area (TPSA) is 52.5 Å². The van der Waals surface area contributed by atoms with Crippen LogP contribution in [-0.2, 0) is 0 Å². The molecule has 1 rings (SSSR count). The second-order valence-corrected chi connectivity index (χ2v) is 5.33. The van der Waals surface area contributed by atoms with Crippen LogP contribution < -0.4 is 5.32 Å². The molecule has 3 nitrogen and oxygen atoms in total. The van der Waals surface area contributed by atoms with Gasteiger partial charge in [0.2, 0.25) is 0 Å².